The second kappa shape index (κ2) is 8.42. The summed E-state index contributed by atoms with van der Waals surface area (Å²) < 4.78 is 31.7. The van der Waals surface area contributed by atoms with Crippen molar-refractivity contribution in [2.45, 2.75) is 13.5 Å². The van der Waals surface area contributed by atoms with Gasteiger partial charge in [-0.1, -0.05) is 34.5 Å². The van der Waals surface area contributed by atoms with Crippen molar-refractivity contribution in [3.63, 3.8) is 0 Å². The third kappa shape index (κ3) is 5.18. The number of aromatic nitrogens is 2. The van der Waals surface area contributed by atoms with Gasteiger partial charge in [-0.05, 0) is 19.1 Å². The molecule has 0 saturated carbocycles. The van der Waals surface area contributed by atoms with Crippen molar-refractivity contribution >= 4 is 49.0 Å². The van der Waals surface area contributed by atoms with Crippen LogP contribution < -0.4 is 10.1 Å². The molecule has 3 aromatic rings. The van der Waals surface area contributed by atoms with Crippen LogP contribution in [0.25, 0.3) is 10.2 Å². The lowest BCUT2D eigenvalue weighted by Gasteiger charge is -2.02. The van der Waals surface area contributed by atoms with Crippen molar-refractivity contribution in [2.75, 3.05) is 16.8 Å². The highest BCUT2D eigenvalue weighted by atomic mass is 32.2. The fourth-order valence-corrected chi connectivity index (χ4v) is 4.59. The minimum Gasteiger partial charge on any atom is -0.360 e. The maximum absolute atomic E-state index is 12.2. The van der Waals surface area contributed by atoms with Gasteiger partial charge in [0.25, 0.3) is 5.91 Å². The average molecular weight is 432 g/mol. The number of anilines is 1. The zero-order valence-electron chi connectivity index (χ0n) is 15.3. The molecule has 0 spiro atoms. The van der Waals surface area contributed by atoms with Crippen molar-refractivity contribution in [2.24, 2.45) is 4.99 Å². The van der Waals surface area contributed by atoms with Crippen molar-refractivity contribution in [1.29, 1.82) is 0 Å². The standard InChI is InChI=1S/C18H16N4O5S2/c1-3-8-22-13-6-4-5-7-14(13)28-18(22)20-17(24)11-29(25,26)10-16(23)19-15-9-12(2)27-21-15/h1,4-7,9H,8,10-11H2,2H3,(H,19,21,23). The molecule has 2 aromatic heterocycles. The molecule has 11 heteroatoms. The normalized spacial score (nSPS) is 12.1. The number of hydrogen-bond acceptors (Lipinski definition) is 7. The third-order valence-electron chi connectivity index (χ3n) is 3.65. The molecule has 0 fully saturated rings. The zero-order valence-corrected chi connectivity index (χ0v) is 16.9. The number of amides is 2. The van der Waals surface area contributed by atoms with Gasteiger partial charge in [-0.2, -0.15) is 4.99 Å². The quantitative estimate of drug-likeness (QED) is 0.582. The lowest BCUT2D eigenvalue weighted by molar-refractivity contribution is -0.115. The smallest absolute Gasteiger partial charge is 0.263 e. The van der Waals surface area contributed by atoms with Gasteiger partial charge in [-0.15, -0.1) is 6.42 Å². The minimum absolute atomic E-state index is 0.0966. The predicted molar refractivity (Wildman–Crippen MR) is 108 cm³/mol. The Labute approximate surface area is 170 Å². The summed E-state index contributed by atoms with van der Waals surface area (Å²) in [7, 11) is -4.03. The number of hydrogen-bond donors (Lipinski definition) is 1. The van der Waals surface area contributed by atoms with E-state index in [0.717, 1.165) is 10.2 Å². The Morgan fingerprint density at radius 1 is 1.34 bits per heavy atom. The minimum atomic E-state index is -4.03. The summed E-state index contributed by atoms with van der Waals surface area (Å²) in [4.78, 5) is 28.3. The van der Waals surface area contributed by atoms with Crippen LogP contribution in [0.15, 0.2) is 39.8 Å². The monoisotopic (exact) mass is 432 g/mol. The molecule has 0 radical (unpaired) electrons. The summed E-state index contributed by atoms with van der Waals surface area (Å²) in [5, 5.41) is 5.84. The number of nitrogens with zero attached hydrogens (tertiary/aromatic N) is 3. The van der Waals surface area contributed by atoms with Gasteiger partial charge >= 0.3 is 0 Å². The van der Waals surface area contributed by atoms with Gasteiger partial charge in [-0.25, -0.2) is 8.42 Å². The molecule has 0 atom stereocenters. The summed E-state index contributed by atoms with van der Waals surface area (Å²) in [5.74, 6) is -0.440. The Kier molecular flexibility index (Phi) is 5.95. The number of carbonyl (C=O) groups excluding carboxylic acids is 2. The van der Waals surface area contributed by atoms with E-state index in [0.29, 0.717) is 10.6 Å². The van der Waals surface area contributed by atoms with Gasteiger partial charge < -0.3 is 14.4 Å². The second-order valence-electron chi connectivity index (χ2n) is 6.05. The van der Waals surface area contributed by atoms with E-state index >= 15 is 0 Å². The lowest BCUT2D eigenvalue weighted by Crippen LogP contribution is -2.28. The first kappa shape index (κ1) is 20.5. The van der Waals surface area contributed by atoms with E-state index in [-0.39, 0.29) is 12.4 Å². The maximum atomic E-state index is 12.2. The Balaban J connectivity index is 1.75. The first-order chi connectivity index (χ1) is 13.8. The van der Waals surface area contributed by atoms with Gasteiger partial charge in [-0.3, -0.25) is 9.59 Å². The Hall–Kier alpha value is -3.23. The number of nitrogens with one attached hydrogen (secondary N) is 1. The predicted octanol–water partition coefficient (Wildman–Crippen LogP) is 1.11. The number of aryl methyl sites for hydroxylation is 1. The van der Waals surface area contributed by atoms with Crippen LogP contribution in [-0.2, 0) is 26.0 Å². The fraction of sp³-hybridized carbons (Fsp3) is 0.222. The zero-order chi connectivity index (χ0) is 21.0. The van der Waals surface area contributed by atoms with E-state index in [4.69, 9.17) is 10.9 Å². The number of carbonyl (C=O) groups is 2. The van der Waals surface area contributed by atoms with Gasteiger partial charge in [0.05, 0.1) is 16.8 Å². The third-order valence-corrected chi connectivity index (χ3v) is 6.10. The van der Waals surface area contributed by atoms with E-state index in [9.17, 15) is 18.0 Å². The SMILES string of the molecule is C#CCn1c(=NC(=O)CS(=O)(=O)CC(=O)Nc2cc(C)on2)sc2ccccc21. The van der Waals surface area contributed by atoms with E-state index in [1.165, 1.54) is 17.4 Å². The molecular weight excluding hydrogens is 416 g/mol. The number of sulfone groups is 1. The van der Waals surface area contributed by atoms with Crippen LogP contribution >= 0.6 is 11.3 Å². The molecule has 2 heterocycles. The molecule has 0 aliphatic carbocycles. The molecule has 0 bridgehead atoms. The number of thiazole rings is 1. The van der Waals surface area contributed by atoms with Crippen LogP contribution in [0.3, 0.4) is 0 Å². The molecule has 150 valence electrons. The van der Waals surface area contributed by atoms with Gasteiger partial charge in [0.2, 0.25) is 5.91 Å². The van der Waals surface area contributed by atoms with Gasteiger partial charge in [0, 0.05) is 6.07 Å². The van der Waals surface area contributed by atoms with Crippen LogP contribution in [0.4, 0.5) is 5.82 Å². The fourth-order valence-electron chi connectivity index (χ4n) is 2.53. The summed E-state index contributed by atoms with van der Waals surface area (Å²) >= 11 is 1.22. The molecule has 0 unspecified atom stereocenters. The van der Waals surface area contributed by atoms with E-state index in [2.05, 4.69) is 21.4 Å². The molecule has 3 rings (SSSR count). The van der Waals surface area contributed by atoms with Crippen molar-refractivity contribution in [1.82, 2.24) is 9.72 Å². The summed E-state index contributed by atoms with van der Waals surface area (Å²) in [6.45, 7) is 1.81. The molecule has 2 amide bonds. The van der Waals surface area contributed by atoms with E-state index in [1.807, 2.05) is 24.3 Å². The Morgan fingerprint density at radius 2 is 2.10 bits per heavy atom. The number of terminal acetylenes is 1. The number of fused-ring (bicyclic) bond motifs is 1. The molecular formula is C18H16N4O5S2. The van der Waals surface area contributed by atoms with E-state index in [1.54, 1.807) is 11.5 Å². The molecule has 29 heavy (non-hydrogen) atoms. The topological polar surface area (TPSA) is 124 Å². The number of rotatable bonds is 6. The van der Waals surface area contributed by atoms with Gasteiger partial charge in [0.1, 0.15) is 17.3 Å². The van der Waals surface area contributed by atoms with Crippen LogP contribution in [0, 0.1) is 19.3 Å². The van der Waals surface area contributed by atoms with Crippen LogP contribution in [-0.4, -0.2) is 41.5 Å². The molecule has 0 aliphatic heterocycles. The van der Waals surface area contributed by atoms with Crippen LogP contribution in [0.5, 0.6) is 0 Å². The molecule has 0 aliphatic rings. The van der Waals surface area contributed by atoms with E-state index < -0.39 is 33.2 Å². The van der Waals surface area contributed by atoms with Crippen LogP contribution in [0.2, 0.25) is 0 Å². The summed E-state index contributed by atoms with van der Waals surface area (Å²) in [5.41, 5.74) is 0.798. The average Bonchev–Trinajstić information content (AvgIpc) is 3.17. The summed E-state index contributed by atoms with van der Waals surface area (Å²) in [6.07, 6.45) is 5.39. The summed E-state index contributed by atoms with van der Waals surface area (Å²) in [6, 6.07) is 8.79. The first-order valence-electron chi connectivity index (χ1n) is 8.30. The number of para-hydroxylation sites is 1. The van der Waals surface area contributed by atoms with Crippen molar-refractivity contribution in [3.05, 3.63) is 40.9 Å². The molecule has 1 aromatic carbocycles. The lowest BCUT2D eigenvalue weighted by atomic mass is 10.3. The highest BCUT2D eigenvalue weighted by Gasteiger charge is 2.21. The van der Waals surface area contributed by atoms with Crippen molar-refractivity contribution < 1.29 is 22.5 Å². The highest BCUT2D eigenvalue weighted by Crippen LogP contribution is 2.16. The second-order valence-corrected chi connectivity index (χ2v) is 9.12. The van der Waals surface area contributed by atoms with Crippen molar-refractivity contribution in [3.8, 4) is 12.3 Å². The van der Waals surface area contributed by atoms with Gasteiger partial charge in [0.15, 0.2) is 20.5 Å². The Morgan fingerprint density at radius 3 is 2.79 bits per heavy atom. The number of benzene rings is 1. The molecule has 0 saturated heterocycles. The largest absolute Gasteiger partial charge is 0.360 e. The highest BCUT2D eigenvalue weighted by molar-refractivity contribution is 7.92. The Bertz CT molecular complexity index is 1290. The molecule has 1 N–H and O–H groups in total. The van der Waals surface area contributed by atoms with Crippen LogP contribution in [0.1, 0.15) is 5.76 Å². The maximum Gasteiger partial charge on any atom is 0.263 e. The molecule has 9 nitrogen and oxygen atoms in total. The first-order valence-corrected chi connectivity index (χ1v) is 10.9.